The van der Waals surface area contributed by atoms with Crippen LogP contribution >= 0.6 is 11.6 Å². The molecule has 2 aromatic rings. The van der Waals surface area contributed by atoms with Crippen molar-refractivity contribution in [2.24, 2.45) is 0 Å². The molecule has 0 amide bonds. The van der Waals surface area contributed by atoms with E-state index in [0.717, 1.165) is 18.2 Å². The maximum atomic E-state index is 12.1. The van der Waals surface area contributed by atoms with Crippen molar-refractivity contribution in [3.05, 3.63) is 51.7 Å². The van der Waals surface area contributed by atoms with Crippen molar-refractivity contribution in [2.45, 2.75) is 4.90 Å². The van der Waals surface area contributed by atoms with Crippen LogP contribution in [0.2, 0.25) is 5.02 Å². The van der Waals surface area contributed by atoms with Gasteiger partial charge in [0.25, 0.3) is 15.7 Å². The van der Waals surface area contributed by atoms with Gasteiger partial charge in [-0.15, -0.1) is 0 Å². The molecule has 21 heavy (non-hydrogen) atoms. The molecule has 8 nitrogen and oxygen atoms in total. The first kappa shape index (κ1) is 15.0. The van der Waals surface area contributed by atoms with Crippen LogP contribution in [0.5, 0.6) is 0 Å². The summed E-state index contributed by atoms with van der Waals surface area (Å²) in [7, 11) is -3.95. The molecule has 0 fully saturated rings. The topological polar surface area (TPSA) is 128 Å². The van der Waals surface area contributed by atoms with E-state index in [1.807, 2.05) is 0 Å². The molecular formula is C11H9ClN4O4S. The Kier molecular flexibility index (Phi) is 3.96. The average Bonchev–Trinajstić information content (AvgIpc) is 2.40. The van der Waals surface area contributed by atoms with Crippen molar-refractivity contribution in [3.8, 4) is 0 Å². The molecule has 1 aromatic carbocycles. The molecule has 10 heteroatoms. The van der Waals surface area contributed by atoms with Crippen molar-refractivity contribution in [2.75, 3.05) is 10.5 Å². The lowest BCUT2D eigenvalue weighted by atomic mass is 10.3. The Morgan fingerprint density at radius 3 is 2.52 bits per heavy atom. The van der Waals surface area contributed by atoms with Gasteiger partial charge in [0.15, 0.2) is 0 Å². The largest absolute Gasteiger partial charge is 0.393 e. The van der Waals surface area contributed by atoms with Crippen LogP contribution in [-0.4, -0.2) is 18.3 Å². The highest BCUT2D eigenvalue weighted by molar-refractivity contribution is 7.92. The zero-order chi connectivity index (χ0) is 15.6. The van der Waals surface area contributed by atoms with Gasteiger partial charge in [0, 0.05) is 12.3 Å². The van der Waals surface area contributed by atoms with Gasteiger partial charge in [-0.3, -0.25) is 14.8 Å². The van der Waals surface area contributed by atoms with Crippen LogP contribution in [-0.2, 0) is 10.0 Å². The summed E-state index contributed by atoms with van der Waals surface area (Å²) >= 11 is 5.65. The number of nitrogens with zero attached hydrogens (tertiary/aromatic N) is 2. The average molecular weight is 329 g/mol. The van der Waals surface area contributed by atoms with Crippen LogP contribution in [0.25, 0.3) is 0 Å². The highest BCUT2D eigenvalue weighted by Crippen LogP contribution is 2.25. The highest BCUT2D eigenvalue weighted by Gasteiger charge is 2.19. The molecule has 0 aliphatic rings. The van der Waals surface area contributed by atoms with Crippen LogP contribution in [0.3, 0.4) is 0 Å². The lowest BCUT2D eigenvalue weighted by Crippen LogP contribution is -2.14. The molecular weight excluding hydrogens is 320 g/mol. The third-order valence-electron chi connectivity index (χ3n) is 2.47. The van der Waals surface area contributed by atoms with Crippen LogP contribution < -0.4 is 10.5 Å². The number of pyridine rings is 1. The zero-order valence-corrected chi connectivity index (χ0v) is 11.9. The Balaban J connectivity index is 2.33. The van der Waals surface area contributed by atoms with Crippen molar-refractivity contribution in [1.29, 1.82) is 0 Å². The van der Waals surface area contributed by atoms with Crippen molar-refractivity contribution < 1.29 is 13.3 Å². The third kappa shape index (κ3) is 3.38. The number of halogens is 1. The van der Waals surface area contributed by atoms with Crippen molar-refractivity contribution in [3.63, 3.8) is 0 Å². The van der Waals surface area contributed by atoms with E-state index in [1.165, 1.54) is 18.3 Å². The molecule has 3 N–H and O–H groups in total. The number of nitro groups is 1. The summed E-state index contributed by atoms with van der Waals surface area (Å²) in [6.45, 7) is 0. The quantitative estimate of drug-likeness (QED) is 0.502. The smallest absolute Gasteiger partial charge is 0.292 e. The fraction of sp³-hybridized carbons (Fsp3) is 0. The minimum Gasteiger partial charge on any atom is -0.393 e. The number of anilines is 2. The lowest BCUT2D eigenvalue weighted by molar-refractivity contribution is -0.383. The zero-order valence-electron chi connectivity index (χ0n) is 10.4. The number of nitrogens with one attached hydrogen (secondary N) is 1. The van der Waals surface area contributed by atoms with E-state index in [0.29, 0.717) is 5.02 Å². The standard InChI is InChI=1S/C11H9ClN4O4S/c12-7-1-4-11(14-6-7)15-21(19,20)8-2-3-10(16(17)18)9(13)5-8/h1-6H,13H2,(H,14,15). The van der Waals surface area contributed by atoms with Crippen LogP contribution in [0.4, 0.5) is 17.2 Å². The van der Waals surface area contributed by atoms with E-state index in [1.54, 1.807) is 0 Å². The summed E-state index contributed by atoms with van der Waals surface area (Å²) in [5, 5.41) is 11.0. The van der Waals surface area contributed by atoms with Gasteiger partial charge in [-0.25, -0.2) is 13.4 Å². The fourth-order valence-electron chi connectivity index (χ4n) is 1.50. The number of nitro benzene ring substituents is 1. The van der Waals surface area contributed by atoms with Crippen molar-refractivity contribution in [1.82, 2.24) is 4.98 Å². The predicted molar refractivity (Wildman–Crippen MR) is 77.6 cm³/mol. The van der Waals surface area contributed by atoms with E-state index < -0.39 is 14.9 Å². The number of nitrogen functional groups attached to an aromatic ring is 1. The molecule has 0 atom stereocenters. The number of hydrogen-bond donors (Lipinski definition) is 2. The number of aromatic nitrogens is 1. The van der Waals surface area contributed by atoms with E-state index in [-0.39, 0.29) is 22.1 Å². The molecule has 1 aromatic heterocycles. The van der Waals surface area contributed by atoms with Gasteiger partial charge in [0.05, 0.1) is 14.8 Å². The maximum absolute atomic E-state index is 12.1. The van der Waals surface area contributed by atoms with E-state index in [9.17, 15) is 18.5 Å². The highest BCUT2D eigenvalue weighted by atomic mass is 35.5. The summed E-state index contributed by atoms with van der Waals surface area (Å²) in [6.07, 6.45) is 1.28. The van der Waals surface area contributed by atoms with Crippen LogP contribution in [0.15, 0.2) is 41.4 Å². The first-order chi connectivity index (χ1) is 9.79. The number of rotatable bonds is 4. The summed E-state index contributed by atoms with van der Waals surface area (Å²) in [4.78, 5) is 13.5. The first-order valence-corrected chi connectivity index (χ1v) is 7.34. The second-order valence-electron chi connectivity index (χ2n) is 3.94. The van der Waals surface area contributed by atoms with E-state index in [2.05, 4.69) is 9.71 Å². The van der Waals surface area contributed by atoms with Crippen LogP contribution in [0, 0.1) is 10.1 Å². The Hall–Kier alpha value is -2.39. The summed E-state index contributed by atoms with van der Waals surface area (Å²) in [5.41, 5.74) is 4.86. The van der Waals surface area contributed by atoms with Crippen molar-refractivity contribution >= 4 is 38.8 Å². The van der Waals surface area contributed by atoms with Gasteiger partial charge in [0.1, 0.15) is 11.5 Å². The number of nitrogens with two attached hydrogens (primary N) is 1. The Labute approximate surface area is 124 Å². The SMILES string of the molecule is Nc1cc(S(=O)(=O)Nc2ccc(Cl)cn2)ccc1[N+](=O)[O-]. The Morgan fingerprint density at radius 2 is 2.00 bits per heavy atom. The lowest BCUT2D eigenvalue weighted by Gasteiger charge is -2.08. The normalized spacial score (nSPS) is 11.1. The van der Waals surface area contributed by atoms with Gasteiger partial charge >= 0.3 is 0 Å². The minimum atomic E-state index is -3.95. The van der Waals surface area contributed by atoms with E-state index in [4.69, 9.17) is 17.3 Å². The first-order valence-electron chi connectivity index (χ1n) is 5.48. The van der Waals surface area contributed by atoms with Gasteiger partial charge in [-0.05, 0) is 24.3 Å². The maximum Gasteiger partial charge on any atom is 0.292 e. The molecule has 2 rings (SSSR count). The minimum absolute atomic E-state index is 0.0660. The summed E-state index contributed by atoms with van der Waals surface area (Å²) < 4.78 is 26.4. The number of sulfonamides is 1. The molecule has 0 aliphatic heterocycles. The monoisotopic (exact) mass is 328 g/mol. The number of hydrogen-bond acceptors (Lipinski definition) is 6. The number of benzene rings is 1. The molecule has 0 saturated carbocycles. The van der Waals surface area contributed by atoms with Gasteiger partial charge < -0.3 is 5.73 Å². The molecule has 0 aliphatic carbocycles. The van der Waals surface area contributed by atoms with Crippen LogP contribution in [0.1, 0.15) is 0 Å². The van der Waals surface area contributed by atoms with Gasteiger partial charge in [-0.2, -0.15) is 0 Å². The molecule has 0 spiro atoms. The molecule has 0 saturated heterocycles. The van der Waals surface area contributed by atoms with E-state index >= 15 is 0 Å². The molecule has 1 heterocycles. The molecule has 0 unspecified atom stereocenters. The molecule has 0 bridgehead atoms. The van der Waals surface area contributed by atoms with Gasteiger partial charge in [-0.1, -0.05) is 11.6 Å². The molecule has 0 radical (unpaired) electrons. The van der Waals surface area contributed by atoms with Gasteiger partial charge in [0.2, 0.25) is 0 Å². The Bertz CT molecular complexity index is 792. The summed E-state index contributed by atoms with van der Waals surface area (Å²) in [6, 6.07) is 5.98. The second-order valence-corrected chi connectivity index (χ2v) is 6.06. The predicted octanol–water partition coefficient (Wildman–Crippen LogP) is 2.03. The third-order valence-corrected chi connectivity index (χ3v) is 4.05. The summed E-state index contributed by atoms with van der Waals surface area (Å²) in [5.74, 6) is 0.0660. The second kappa shape index (κ2) is 5.54. The Morgan fingerprint density at radius 1 is 1.29 bits per heavy atom. The molecule has 110 valence electrons. The fourth-order valence-corrected chi connectivity index (χ4v) is 2.65.